The molecule has 0 radical (unpaired) electrons. The van der Waals surface area contributed by atoms with Crippen LogP contribution >= 0.6 is 11.6 Å². The smallest absolute Gasteiger partial charge is 0.333 e. The highest BCUT2D eigenvalue weighted by Crippen LogP contribution is 2.26. The second-order valence-electron chi connectivity index (χ2n) is 6.21. The predicted octanol–water partition coefficient (Wildman–Crippen LogP) is 2.69. The van der Waals surface area contributed by atoms with Crippen LogP contribution in [0.5, 0.6) is 0 Å². The zero-order chi connectivity index (χ0) is 20.4. The Morgan fingerprint density at radius 1 is 1.39 bits per heavy atom. The highest BCUT2D eigenvalue weighted by molar-refractivity contribution is 6.30. The average Bonchev–Trinajstić information content (AvgIpc) is 3.14. The van der Waals surface area contributed by atoms with Gasteiger partial charge in [0.25, 0.3) is 0 Å². The van der Waals surface area contributed by atoms with E-state index in [2.05, 4.69) is 15.7 Å². The first kappa shape index (κ1) is 20.0. The Hall–Kier alpha value is -2.75. The maximum atomic E-state index is 13.5. The molecule has 1 aliphatic rings. The lowest BCUT2D eigenvalue weighted by Gasteiger charge is -2.34. The van der Waals surface area contributed by atoms with Gasteiger partial charge in [-0.25, -0.2) is 13.9 Å². The van der Waals surface area contributed by atoms with E-state index < -0.39 is 30.5 Å². The van der Waals surface area contributed by atoms with Crippen LogP contribution in [0.15, 0.2) is 30.5 Å². The van der Waals surface area contributed by atoms with Gasteiger partial charge in [0.1, 0.15) is 17.9 Å². The third kappa shape index (κ3) is 4.06. The number of rotatable bonds is 4. The summed E-state index contributed by atoms with van der Waals surface area (Å²) in [6.07, 6.45) is 1.07. The van der Waals surface area contributed by atoms with E-state index in [0.29, 0.717) is 16.8 Å². The zero-order valence-electron chi connectivity index (χ0n) is 14.7. The first-order chi connectivity index (χ1) is 13.3. The zero-order valence-corrected chi connectivity index (χ0v) is 15.5. The lowest BCUT2D eigenvalue weighted by atomic mass is 10.0. The molecule has 28 heavy (non-hydrogen) atoms. The fourth-order valence-electron chi connectivity index (χ4n) is 2.90. The Kier molecular flexibility index (Phi) is 5.78. The Balaban J connectivity index is 1.92. The first-order valence-corrected chi connectivity index (χ1v) is 8.78. The van der Waals surface area contributed by atoms with Gasteiger partial charge in [-0.1, -0.05) is 17.7 Å². The number of alkyl halides is 2. The molecular weight excluding hydrogens is 399 g/mol. The molecule has 3 rings (SSSR count). The Bertz CT molecular complexity index is 891. The number of nitrogens with one attached hydrogen (secondary N) is 2. The predicted molar refractivity (Wildman–Crippen MR) is 94.4 cm³/mol. The van der Waals surface area contributed by atoms with Gasteiger partial charge in [0.05, 0.1) is 10.7 Å². The van der Waals surface area contributed by atoms with Crippen LogP contribution in [0.1, 0.15) is 30.8 Å². The number of hydrogen-bond acceptors (Lipinski definition) is 3. The van der Waals surface area contributed by atoms with Crippen molar-refractivity contribution in [2.45, 2.75) is 25.6 Å². The third-order valence-corrected chi connectivity index (χ3v) is 4.72. The number of carbonyl (C=O) groups excluding carboxylic acids is 2. The Labute approximate surface area is 163 Å². The lowest BCUT2D eigenvalue weighted by molar-refractivity contribution is -0.126. The third-order valence-electron chi connectivity index (χ3n) is 4.43. The number of urea groups is 1. The molecule has 7 nitrogen and oxygen atoms in total. The van der Waals surface area contributed by atoms with Crippen LogP contribution < -0.4 is 10.6 Å². The topological polar surface area (TPSA) is 79.3 Å². The summed E-state index contributed by atoms with van der Waals surface area (Å²) in [6, 6.07) is 2.83. The summed E-state index contributed by atoms with van der Waals surface area (Å²) in [6.45, 7) is -0.707. The van der Waals surface area contributed by atoms with Crippen molar-refractivity contribution in [1.29, 1.82) is 0 Å². The van der Waals surface area contributed by atoms with Crippen LogP contribution in [0, 0.1) is 5.82 Å². The van der Waals surface area contributed by atoms with E-state index in [1.165, 1.54) is 23.1 Å². The number of halogens is 4. The number of aromatic nitrogens is 2. The molecule has 1 aromatic heterocycles. The minimum Gasteiger partial charge on any atom is -0.353 e. The number of amides is 3. The van der Waals surface area contributed by atoms with Crippen LogP contribution in [0.2, 0.25) is 5.02 Å². The summed E-state index contributed by atoms with van der Waals surface area (Å²) in [5.74, 6) is -0.959. The molecule has 1 fully saturated rings. The molecule has 0 bridgehead atoms. The minimum absolute atomic E-state index is 0.116. The van der Waals surface area contributed by atoms with Crippen molar-refractivity contribution in [1.82, 2.24) is 25.3 Å². The van der Waals surface area contributed by atoms with Gasteiger partial charge in [-0.05, 0) is 30.7 Å². The van der Waals surface area contributed by atoms with Gasteiger partial charge in [-0.2, -0.15) is 13.9 Å². The van der Waals surface area contributed by atoms with E-state index in [-0.39, 0.29) is 23.2 Å². The highest BCUT2D eigenvalue weighted by Gasteiger charge is 2.31. The summed E-state index contributed by atoms with van der Waals surface area (Å²) in [7, 11) is 0. The number of piperazine rings is 1. The van der Waals surface area contributed by atoms with Crippen molar-refractivity contribution in [3.05, 3.63) is 52.6 Å². The summed E-state index contributed by atoms with van der Waals surface area (Å²) in [4.78, 5) is 25.9. The maximum absolute atomic E-state index is 13.5. The van der Waals surface area contributed by atoms with E-state index in [1.807, 2.05) is 0 Å². The second kappa shape index (κ2) is 8.09. The van der Waals surface area contributed by atoms with E-state index in [1.54, 1.807) is 6.92 Å². The Morgan fingerprint density at radius 3 is 2.79 bits per heavy atom. The summed E-state index contributed by atoms with van der Waals surface area (Å²) in [5, 5.41) is 8.92. The fourth-order valence-corrected chi connectivity index (χ4v) is 3.09. The molecule has 1 saturated heterocycles. The van der Waals surface area contributed by atoms with Crippen molar-refractivity contribution < 1.29 is 22.8 Å². The standard InChI is InChI=1S/C17H17ClF3N5O2/c1-9-15(27)22-5-7-25(9)17(28)23-14(10-2-3-12(19)11(18)8-10)13-4-6-26(24-13)16(20)21/h2-4,6,8-9,14,16H,5,7H2,1H3,(H,22,27)(H,23,28)/t9-,14-/m1/s1. The molecule has 2 atom stereocenters. The number of nitrogens with zero attached hydrogens (tertiary/aromatic N) is 3. The number of benzene rings is 1. The van der Waals surface area contributed by atoms with E-state index in [4.69, 9.17) is 11.6 Å². The van der Waals surface area contributed by atoms with Crippen LogP contribution in [0.25, 0.3) is 0 Å². The van der Waals surface area contributed by atoms with Crippen LogP contribution in [-0.2, 0) is 4.79 Å². The molecule has 2 aromatic rings. The summed E-state index contributed by atoms with van der Waals surface area (Å²) >= 11 is 5.83. The van der Waals surface area contributed by atoms with Crippen molar-refractivity contribution in [3.63, 3.8) is 0 Å². The fraction of sp³-hybridized carbons (Fsp3) is 0.353. The van der Waals surface area contributed by atoms with E-state index >= 15 is 0 Å². The molecule has 150 valence electrons. The molecular formula is C17H17ClF3N5O2. The van der Waals surface area contributed by atoms with Crippen LogP contribution in [0.4, 0.5) is 18.0 Å². The van der Waals surface area contributed by atoms with E-state index in [0.717, 1.165) is 12.3 Å². The largest absolute Gasteiger partial charge is 0.353 e. The summed E-state index contributed by atoms with van der Waals surface area (Å²) in [5.41, 5.74) is 0.471. The normalized spacial score (nSPS) is 18.1. The minimum atomic E-state index is -2.85. The first-order valence-electron chi connectivity index (χ1n) is 8.41. The van der Waals surface area contributed by atoms with Gasteiger partial charge < -0.3 is 15.5 Å². The van der Waals surface area contributed by atoms with Gasteiger partial charge >= 0.3 is 12.6 Å². The van der Waals surface area contributed by atoms with Gasteiger partial charge in [0, 0.05) is 19.3 Å². The monoisotopic (exact) mass is 415 g/mol. The maximum Gasteiger partial charge on any atom is 0.333 e. The van der Waals surface area contributed by atoms with Crippen LogP contribution in [0.3, 0.4) is 0 Å². The number of hydrogen-bond donors (Lipinski definition) is 2. The molecule has 1 aromatic carbocycles. The lowest BCUT2D eigenvalue weighted by Crippen LogP contribution is -2.58. The SMILES string of the molecule is C[C@@H]1C(=O)NCCN1C(=O)N[C@H](c1ccc(F)c(Cl)c1)c1ccn(C(F)F)n1. The average molecular weight is 416 g/mol. The quantitative estimate of drug-likeness (QED) is 0.805. The van der Waals surface area contributed by atoms with Gasteiger partial charge in [-0.3, -0.25) is 4.79 Å². The number of carbonyl (C=O) groups is 2. The van der Waals surface area contributed by atoms with Crippen molar-refractivity contribution >= 4 is 23.5 Å². The Morgan fingerprint density at radius 2 is 2.14 bits per heavy atom. The molecule has 3 amide bonds. The van der Waals surface area contributed by atoms with Gasteiger partial charge in [0.15, 0.2) is 0 Å². The molecule has 0 spiro atoms. The molecule has 2 N–H and O–H groups in total. The second-order valence-corrected chi connectivity index (χ2v) is 6.62. The molecule has 0 aliphatic carbocycles. The van der Waals surface area contributed by atoms with Crippen LogP contribution in [-0.4, -0.2) is 45.8 Å². The highest BCUT2D eigenvalue weighted by atomic mass is 35.5. The molecule has 2 heterocycles. The molecule has 0 unspecified atom stereocenters. The molecule has 0 saturated carbocycles. The molecule has 11 heteroatoms. The van der Waals surface area contributed by atoms with Gasteiger partial charge in [0.2, 0.25) is 5.91 Å². The van der Waals surface area contributed by atoms with Crippen molar-refractivity contribution in [2.75, 3.05) is 13.1 Å². The van der Waals surface area contributed by atoms with Crippen molar-refractivity contribution in [2.24, 2.45) is 0 Å². The summed E-state index contributed by atoms with van der Waals surface area (Å²) < 4.78 is 39.8. The molecule has 1 aliphatic heterocycles. The van der Waals surface area contributed by atoms with Crippen molar-refractivity contribution in [3.8, 4) is 0 Å². The van der Waals surface area contributed by atoms with Gasteiger partial charge in [-0.15, -0.1) is 0 Å². The van der Waals surface area contributed by atoms with E-state index in [9.17, 15) is 22.8 Å².